The molecule has 6 rings (SSSR count). The van der Waals surface area contributed by atoms with Gasteiger partial charge in [0, 0.05) is 68.2 Å². The number of rotatable bonds is 7. The summed E-state index contributed by atoms with van der Waals surface area (Å²) in [5.74, 6) is 1.06. The Kier molecular flexibility index (Phi) is 6.36. The Morgan fingerprint density at radius 1 is 1.00 bits per heavy atom. The third-order valence-electron chi connectivity index (χ3n) is 6.90. The van der Waals surface area contributed by atoms with Gasteiger partial charge in [-0.15, -0.1) is 11.3 Å². The molecule has 2 N–H and O–H groups in total. The molecule has 0 radical (unpaired) electrons. The fourth-order valence-electron chi connectivity index (χ4n) is 4.97. The number of pyridine rings is 1. The van der Waals surface area contributed by atoms with Gasteiger partial charge in [0.15, 0.2) is 5.13 Å². The lowest BCUT2D eigenvalue weighted by atomic mass is 10.0. The summed E-state index contributed by atoms with van der Waals surface area (Å²) in [5.41, 5.74) is 4.97. The molecule has 1 saturated heterocycles. The molecular formula is C28H28N6OS. The number of carbonyl (C=O) groups is 1. The summed E-state index contributed by atoms with van der Waals surface area (Å²) >= 11 is 1.56. The summed E-state index contributed by atoms with van der Waals surface area (Å²) in [4.78, 5) is 27.0. The Hall–Kier alpha value is -3.75. The van der Waals surface area contributed by atoms with Crippen LogP contribution in [0.3, 0.4) is 0 Å². The van der Waals surface area contributed by atoms with Crippen LogP contribution in [0, 0.1) is 0 Å². The molecule has 0 bridgehead atoms. The number of fused-ring (bicyclic) bond motifs is 1. The molecular weight excluding hydrogens is 468 g/mol. The van der Waals surface area contributed by atoms with E-state index in [1.807, 2.05) is 40.7 Å². The fourth-order valence-corrected chi connectivity index (χ4v) is 5.51. The number of benzene rings is 2. The molecule has 36 heavy (non-hydrogen) atoms. The molecule has 4 aromatic rings. The van der Waals surface area contributed by atoms with Crippen LogP contribution in [0.2, 0.25) is 0 Å². The van der Waals surface area contributed by atoms with E-state index in [1.54, 1.807) is 17.5 Å². The van der Waals surface area contributed by atoms with Gasteiger partial charge in [-0.3, -0.25) is 4.79 Å². The van der Waals surface area contributed by atoms with Crippen molar-refractivity contribution in [2.24, 2.45) is 0 Å². The second-order valence-electron chi connectivity index (χ2n) is 9.09. The van der Waals surface area contributed by atoms with Gasteiger partial charge in [-0.1, -0.05) is 42.5 Å². The summed E-state index contributed by atoms with van der Waals surface area (Å²) in [6, 6.07) is 20.5. The van der Waals surface area contributed by atoms with Gasteiger partial charge in [0.25, 0.3) is 5.91 Å². The topological polar surface area (TPSA) is 73.4 Å². The van der Waals surface area contributed by atoms with Crippen LogP contribution in [-0.4, -0.2) is 53.5 Å². The Labute approximate surface area is 214 Å². The highest BCUT2D eigenvalue weighted by Crippen LogP contribution is 2.34. The van der Waals surface area contributed by atoms with Crippen LogP contribution in [0.1, 0.15) is 27.5 Å². The maximum absolute atomic E-state index is 13.7. The minimum absolute atomic E-state index is 0.0621. The number of carbonyl (C=O) groups excluding carboxylic acids is 1. The Morgan fingerprint density at radius 3 is 2.58 bits per heavy atom. The van der Waals surface area contributed by atoms with Crippen LogP contribution in [-0.2, 0) is 6.54 Å². The van der Waals surface area contributed by atoms with E-state index in [4.69, 9.17) is 4.98 Å². The van der Waals surface area contributed by atoms with E-state index in [1.165, 1.54) is 0 Å². The van der Waals surface area contributed by atoms with Crippen molar-refractivity contribution in [1.29, 1.82) is 0 Å². The quantitative estimate of drug-likeness (QED) is 0.395. The Morgan fingerprint density at radius 2 is 1.83 bits per heavy atom. The van der Waals surface area contributed by atoms with Crippen LogP contribution in [0.5, 0.6) is 0 Å². The Bertz CT molecular complexity index is 1320. The second-order valence-corrected chi connectivity index (χ2v) is 9.99. The van der Waals surface area contributed by atoms with Gasteiger partial charge in [0.2, 0.25) is 0 Å². The molecule has 2 aliphatic heterocycles. The predicted molar refractivity (Wildman–Crippen MR) is 144 cm³/mol. The number of anilines is 2. The molecule has 2 aromatic carbocycles. The molecule has 7 nitrogen and oxygen atoms in total. The first kappa shape index (κ1) is 22.7. The maximum Gasteiger partial charge on any atom is 0.255 e. The van der Waals surface area contributed by atoms with E-state index >= 15 is 0 Å². The number of thiazole rings is 1. The lowest BCUT2D eigenvalue weighted by Gasteiger charge is -2.28. The minimum Gasteiger partial charge on any atom is -0.359 e. The average Bonchev–Trinajstić information content (AvgIpc) is 3.58. The standard InChI is InChI=1S/C28H28N6OS/c35-27-24-16-21(22-8-9-26(31-17-22)33-13-10-29-11-14-33)6-7-23(24)19-34(27)25(20-4-2-1-3-5-20)18-32-28-30-12-15-36-28/h1-9,12,15-17,25,29H,10-11,13-14,18-19H2,(H,30,32). The molecule has 8 heteroatoms. The molecule has 2 aliphatic rings. The van der Waals surface area contributed by atoms with Crippen molar-refractivity contribution in [3.05, 3.63) is 95.1 Å². The largest absolute Gasteiger partial charge is 0.359 e. The summed E-state index contributed by atoms with van der Waals surface area (Å²) in [6.45, 7) is 5.09. The van der Waals surface area contributed by atoms with Crippen LogP contribution in [0.4, 0.5) is 10.9 Å². The number of aromatic nitrogens is 2. The number of amides is 1. The highest BCUT2D eigenvalue weighted by atomic mass is 32.1. The lowest BCUT2D eigenvalue weighted by Crippen LogP contribution is -2.43. The van der Waals surface area contributed by atoms with Gasteiger partial charge in [-0.2, -0.15) is 0 Å². The average molecular weight is 497 g/mol. The normalized spacial score (nSPS) is 16.2. The zero-order valence-electron chi connectivity index (χ0n) is 19.9. The van der Waals surface area contributed by atoms with Crippen molar-refractivity contribution in [2.75, 3.05) is 42.9 Å². The van der Waals surface area contributed by atoms with E-state index in [2.05, 4.69) is 56.9 Å². The van der Waals surface area contributed by atoms with Crippen molar-refractivity contribution >= 4 is 28.2 Å². The van der Waals surface area contributed by atoms with Gasteiger partial charge in [-0.05, 0) is 34.9 Å². The third kappa shape index (κ3) is 4.57. The molecule has 0 spiro atoms. The molecule has 1 atom stereocenters. The van der Waals surface area contributed by atoms with E-state index < -0.39 is 0 Å². The van der Waals surface area contributed by atoms with E-state index in [0.717, 1.165) is 64.9 Å². The van der Waals surface area contributed by atoms with E-state index in [9.17, 15) is 4.79 Å². The molecule has 0 aliphatic carbocycles. The molecule has 182 valence electrons. The zero-order chi connectivity index (χ0) is 24.3. The van der Waals surface area contributed by atoms with Gasteiger partial charge < -0.3 is 20.4 Å². The first-order chi connectivity index (χ1) is 17.8. The molecule has 1 unspecified atom stereocenters. The van der Waals surface area contributed by atoms with Gasteiger partial charge >= 0.3 is 0 Å². The molecule has 0 saturated carbocycles. The minimum atomic E-state index is -0.0987. The lowest BCUT2D eigenvalue weighted by molar-refractivity contribution is 0.0710. The second kappa shape index (κ2) is 10.1. The third-order valence-corrected chi connectivity index (χ3v) is 7.63. The van der Waals surface area contributed by atoms with Gasteiger partial charge in [-0.25, -0.2) is 9.97 Å². The van der Waals surface area contributed by atoms with Gasteiger partial charge in [0.05, 0.1) is 6.04 Å². The summed E-state index contributed by atoms with van der Waals surface area (Å²) in [6.07, 6.45) is 3.70. The van der Waals surface area contributed by atoms with Crippen molar-refractivity contribution < 1.29 is 4.79 Å². The van der Waals surface area contributed by atoms with Crippen molar-refractivity contribution in [3.8, 4) is 11.1 Å². The fraction of sp³-hybridized carbons (Fsp3) is 0.250. The smallest absolute Gasteiger partial charge is 0.255 e. The van der Waals surface area contributed by atoms with Crippen LogP contribution < -0.4 is 15.5 Å². The summed E-state index contributed by atoms with van der Waals surface area (Å²) in [7, 11) is 0. The predicted octanol–water partition coefficient (Wildman–Crippen LogP) is 4.42. The number of nitrogens with zero attached hydrogens (tertiary/aromatic N) is 4. The number of nitrogens with one attached hydrogen (secondary N) is 2. The number of hydrogen-bond donors (Lipinski definition) is 2. The van der Waals surface area contributed by atoms with Crippen LogP contribution >= 0.6 is 11.3 Å². The maximum atomic E-state index is 13.7. The summed E-state index contributed by atoms with van der Waals surface area (Å²) in [5, 5.41) is 9.60. The van der Waals surface area contributed by atoms with E-state index in [0.29, 0.717) is 13.1 Å². The molecule has 1 amide bonds. The monoisotopic (exact) mass is 496 g/mol. The van der Waals surface area contributed by atoms with Crippen molar-refractivity contribution in [1.82, 2.24) is 20.2 Å². The van der Waals surface area contributed by atoms with E-state index in [-0.39, 0.29) is 11.9 Å². The van der Waals surface area contributed by atoms with Crippen LogP contribution in [0.15, 0.2) is 78.4 Å². The molecule has 1 fully saturated rings. The van der Waals surface area contributed by atoms with Crippen molar-refractivity contribution in [3.63, 3.8) is 0 Å². The molecule has 4 heterocycles. The number of piperazine rings is 1. The SMILES string of the molecule is O=C1c2cc(-c3ccc(N4CCNCC4)nc3)ccc2CN1C(CNc1nccs1)c1ccccc1. The van der Waals surface area contributed by atoms with Gasteiger partial charge in [0.1, 0.15) is 5.82 Å². The molecule has 2 aromatic heterocycles. The van der Waals surface area contributed by atoms with Crippen LogP contribution in [0.25, 0.3) is 11.1 Å². The summed E-state index contributed by atoms with van der Waals surface area (Å²) < 4.78 is 0. The highest BCUT2D eigenvalue weighted by Gasteiger charge is 2.33. The number of hydrogen-bond acceptors (Lipinski definition) is 7. The zero-order valence-corrected chi connectivity index (χ0v) is 20.7. The van der Waals surface area contributed by atoms with Crippen molar-refractivity contribution in [2.45, 2.75) is 12.6 Å². The first-order valence-corrected chi connectivity index (χ1v) is 13.2. The highest BCUT2D eigenvalue weighted by molar-refractivity contribution is 7.13. The Balaban J connectivity index is 1.23. The first-order valence-electron chi connectivity index (χ1n) is 12.3.